The molecule has 0 saturated carbocycles. The summed E-state index contributed by atoms with van der Waals surface area (Å²) in [7, 11) is 3.40. The van der Waals surface area contributed by atoms with Crippen LogP contribution in [-0.4, -0.2) is 72.8 Å². The molecule has 3 atom stereocenters. The van der Waals surface area contributed by atoms with Gasteiger partial charge in [0.1, 0.15) is 17.6 Å². The molecule has 0 bridgehead atoms. The summed E-state index contributed by atoms with van der Waals surface area (Å²) in [5.41, 5.74) is 1.16. The van der Waals surface area contributed by atoms with Crippen molar-refractivity contribution in [1.29, 1.82) is 0 Å². The van der Waals surface area contributed by atoms with Crippen LogP contribution in [0.2, 0.25) is 0 Å². The molecule has 0 saturated heterocycles. The quantitative estimate of drug-likeness (QED) is 0.285. The maximum absolute atomic E-state index is 13.7. The molecule has 12 heteroatoms. The number of nitrogens with zero attached hydrogens (tertiary/aromatic N) is 2. The Balaban J connectivity index is 1.52. The van der Waals surface area contributed by atoms with E-state index in [2.05, 4.69) is 10.6 Å². The van der Waals surface area contributed by atoms with Crippen molar-refractivity contribution in [2.75, 3.05) is 44.5 Å². The lowest BCUT2D eigenvalue weighted by molar-refractivity contribution is -0.137. The van der Waals surface area contributed by atoms with E-state index in [-0.39, 0.29) is 24.0 Å². The third kappa shape index (κ3) is 8.20. The molecule has 44 heavy (non-hydrogen) atoms. The Bertz CT molecular complexity index is 1430. The van der Waals surface area contributed by atoms with E-state index >= 15 is 0 Å². The van der Waals surface area contributed by atoms with E-state index in [1.165, 1.54) is 12.1 Å². The fraction of sp³-hybridized carbons (Fsp3) is 0.375. The van der Waals surface area contributed by atoms with E-state index < -0.39 is 29.9 Å². The van der Waals surface area contributed by atoms with Gasteiger partial charge in [0, 0.05) is 36.9 Å². The SMILES string of the molecule is COc1ccc(NC(=O)Nc2ccc3c(c2)C(=O)N([C@H](C)CO)C[C@H](C)[C@H](CN(C)Cc2ccc(C(F)(F)F)cc2)O3)cc1. The maximum atomic E-state index is 13.7. The Kier molecular flexibility index (Phi) is 10.4. The molecule has 3 aromatic carbocycles. The second-order valence-electron chi connectivity index (χ2n) is 11.0. The van der Waals surface area contributed by atoms with Gasteiger partial charge in [-0.1, -0.05) is 19.1 Å². The molecule has 0 radical (unpaired) electrons. The van der Waals surface area contributed by atoms with E-state index in [1.807, 2.05) is 18.9 Å². The minimum absolute atomic E-state index is 0.149. The van der Waals surface area contributed by atoms with Gasteiger partial charge in [0.2, 0.25) is 0 Å². The number of ether oxygens (including phenoxy) is 2. The van der Waals surface area contributed by atoms with Crippen molar-refractivity contribution < 1.29 is 37.3 Å². The van der Waals surface area contributed by atoms with Crippen molar-refractivity contribution in [3.63, 3.8) is 0 Å². The minimum atomic E-state index is -4.40. The largest absolute Gasteiger partial charge is 0.497 e. The number of carbonyl (C=O) groups excluding carboxylic acids is 2. The Labute approximate surface area is 254 Å². The summed E-state index contributed by atoms with van der Waals surface area (Å²) in [4.78, 5) is 29.9. The number of aliphatic hydroxyl groups is 1. The van der Waals surface area contributed by atoms with Gasteiger partial charge in [0.15, 0.2) is 0 Å². The Morgan fingerprint density at radius 1 is 1.09 bits per heavy atom. The number of halogens is 3. The van der Waals surface area contributed by atoms with Gasteiger partial charge in [-0.05, 0) is 74.1 Å². The Morgan fingerprint density at radius 3 is 2.34 bits per heavy atom. The average Bonchev–Trinajstić information content (AvgIpc) is 2.99. The smallest absolute Gasteiger partial charge is 0.416 e. The normalized spacial score (nSPS) is 17.7. The molecule has 0 spiro atoms. The third-order valence-corrected chi connectivity index (χ3v) is 7.50. The molecule has 0 aliphatic carbocycles. The molecule has 1 aliphatic rings. The van der Waals surface area contributed by atoms with Crippen LogP contribution in [0.15, 0.2) is 66.7 Å². The highest BCUT2D eigenvalue weighted by Gasteiger charge is 2.34. The van der Waals surface area contributed by atoms with Gasteiger partial charge >= 0.3 is 12.2 Å². The van der Waals surface area contributed by atoms with E-state index in [9.17, 15) is 27.9 Å². The monoisotopic (exact) mass is 614 g/mol. The molecule has 236 valence electrons. The van der Waals surface area contributed by atoms with E-state index in [0.29, 0.717) is 48.1 Å². The van der Waals surface area contributed by atoms with Crippen LogP contribution in [-0.2, 0) is 12.7 Å². The predicted octanol–water partition coefficient (Wildman–Crippen LogP) is 5.71. The van der Waals surface area contributed by atoms with E-state index in [4.69, 9.17) is 9.47 Å². The molecule has 1 aliphatic heterocycles. The lowest BCUT2D eigenvalue weighted by atomic mass is 9.99. The van der Waals surface area contributed by atoms with Gasteiger partial charge in [-0.25, -0.2) is 4.79 Å². The fourth-order valence-corrected chi connectivity index (χ4v) is 4.97. The zero-order valence-electron chi connectivity index (χ0n) is 25.0. The first-order chi connectivity index (χ1) is 20.9. The van der Waals surface area contributed by atoms with Crippen molar-refractivity contribution >= 4 is 23.3 Å². The van der Waals surface area contributed by atoms with Crippen LogP contribution < -0.4 is 20.1 Å². The number of carbonyl (C=O) groups is 2. The number of alkyl halides is 3. The first kappa shape index (κ1) is 32.6. The number of nitrogens with one attached hydrogen (secondary N) is 2. The van der Waals surface area contributed by atoms with Crippen LogP contribution in [0.1, 0.15) is 35.3 Å². The van der Waals surface area contributed by atoms with Crippen molar-refractivity contribution in [3.05, 3.63) is 83.4 Å². The van der Waals surface area contributed by atoms with Crippen LogP contribution in [0.3, 0.4) is 0 Å². The number of likely N-dealkylation sites (N-methyl/N-ethyl adjacent to an activating group) is 1. The Morgan fingerprint density at radius 2 is 1.73 bits per heavy atom. The number of hydrogen-bond acceptors (Lipinski definition) is 6. The molecule has 0 unspecified atom stereocenters. The number of aliphatic hydroxyl groups excluding tert-OH is 1. The topological polar surface area (TPSA) is 103 Å². The highest BCUT2D eigenvalue weighted by molar-refractivity contribution is 6.02. The van der Waals surface area contributed by atoms with Crippen LogP contribution in [0, 0.1) is 5.92 Å². The third-order valence-electron chi connectivity index (χ3n) is 7.50. The summed E-state index contributed by atoms with van der Waals surface area (Å²) in [5.74, 6) is 0.482. The summed E-state index contributed by atoms with van der Waals surface area (Å²) in [6.45, 7) is 4.57. The van der Waals surface area contributed by atoms with Crippen LogP contribution >= 0.6 is 0 Å². The average molecular weight is 615 g/mol. The van der Waals surface area contributed by atoms with Crippen LogP contribution in [0.4, 0.5) is 29.3 Å². The van der Waals surface area contributed by atoms with Crippen molar-refractivity contribution in [2.24, 2.45) is 5.92 Å². The molecule has 4 rings (SSSR count). The molecule has 3 N–H and O–H groups in total. The molecule has 1 heterocycles. The zero-order chi connectivity index (χ0) is 32.0. The second kappa shape index (κ2) is 14.0. The molecule has 3 amide bonds. The highest BCUT2D eigenvalue weighted by atomic mass is 19.4. The molecular formula is C32H37F3N4O5. The van der Waals surface area contributed by atoms with Crippen LogP contribution in [0.5, 0.6) is 11.5 Å². The van der Waals surface area contributed by atoms with Gasteiger partial charge < -0.3 is 30.1 Å². The fourth-order valence-electron chi connectivity index (χ4n) is 4.97. The molecule has 3 aromatic rings. The molecule has 0 fully saturated rings. The molecule has 9 nitrogen and oxygen atoms in total. The number of urea groups is 1. The summed E-state index contributed by atoms with van der Waals surface area (Å²) in [6.07, 6.45) is -4.79. The number of rotatable bonds is 9. The lowest BCUT2D eigenvalue weighted by Crippen LogP contribution is -2.49. The van der Waals surface area contributed by atoms with Crippen molar-refractivity contribution in [3.8, 4) is 11.5 Å². The van der Waals surface area contributed by atoms with Gasteiger partial charge in [-0.2, -0.15) is 13.2 Å². The summed E-state index contributed by atoms with van der Waals surface area (Å²) < 4.78 is 50.4. The first-order valence-electron chi connectivity index (χ1n) is 14.2. The number of fused-ring (bicyclic) bond motifs is 1. The van der Waals surface area contributed by atoms with Gasteiger partial charge in [-0.15, -0.1) is 0 Å². The van der Waals surface area contributed by atoms with Gasteiger partial charge in [0.05, 0.1) is 30.9 Å². The first-order valence-corrected chi connectivity index (χ1v) is 14.2. The number of anilines is 2. The van der Waals surface area contributed by atoms with Crippen molar-refractivity contribution in [1.82, 2.24) is 9.80 Å². The summed E-state index contributed by atoms with van der Waals surface area (Å²) in [6, 6.07) is 15.7. The predicted molar refractivity (Wildman–Crippen MR) is 161 cm³/mol. The number of methoxy groups -OCH3 is 1. The van der Waals surface area contributed by atoms with Crippen molar-refractivity contribution in [2.45, 2.75) is 38.7 Å². The highest BCUT2D eigenvalue weighted by Crippen LogP contribution is 2.32. The lowest BCUT2D eigenvalue weighted by Gasteiger charge is -2.38. The standard InChI is InChI=1S/C32H37F3N4O5/c1-20-16-39(21(2)19-40)30(41)27-15-25(37-31(42)36-24-9-12-26(43-4)13-10-24)11-14-28(27)44-29(20)18-38(3)17-22-5-7-23(8-6-22)32(33,34)35/h5-15,20-21,29,40H,16-19H2,1-4H3,(H2,36,37,42)/t20-,21+,29-/m0/s1. The van der Waals surface area contributed by atoms with Gasteiger partial charge in [0.25, 0.3) is 5.91 Å². The number of amides is 3. The van der Waals surface area contributed by atoms with Gasteiger partial charge in [-0.3, -0.25) is 9.69 Å². The number of benzene rings is 3. The zero-order valence-corrected chi connectivity index (χ0v) is 25.0. The van der Waals surface area contributed by atoms with E-state index in [0.717, 1.165) is 12.1 Å². The summed E-state index contributed by atoms with van der Waals surface area (Å²) >= 11 is 0. The maximum Gasteiger partial charge on any atom is 0.416 e. The van der Waals surface area contributed by atoms with Crippen LogP contribution in [0.25, 0.3) is 0 Å². The second-order valence-corrected chi connectivity index (χ2v) is 11.0. The number of hydrogen-bond donors (Lipinski definition) is 3. The molecule has 0 aromatic heterocycles. The minimum Gasteiger partial charge on any atom is -0.497 e. The van der Waals surface area contributed by atoms with E-state index in [1.54, 1.807) is 61.4 Å². The summed E-state index contributed by atoms with van der Waals surface area (Å²) in [5, 5.41) is 15.4. The Hall–Kier alpha value is -4.29. The molecular weight excluding hydrogens is 577 g/mol.